The fourth-order valence-corrected chi connectivity index (χ4v) is 2.88. The van der Waals surface area contributed by atoms with E-state index in [1.165, 1.54) is 29.5 Å². The first-order valence-corrected chi connectivity index (χ1v) is 7.56. The fraction of sp³-hybridized carbons (Fsp3) is 0.200. The number of nitrogens with one attached hydrogen (secondary N) is 1. The summed E-state index contributed by atoms with van der Waals surface area (Å²) in [5.41, 5.74) is 0.393. The molecule has 102 valence electrons. The van der Waals surface area contributed by atoms with Crippen LogP contribution in [0.1, 0.15) is 0 Å². The number of hydrogen-bond donors (Lipinski definition) is 2. The number of pyridine rings is 1. The van der Waals surface area contributed by atoms with E-state index in [0.717, 1.165) is 0 Å². The van der Waals surface area contributed by atoms with Gasteiger partial charge in [-0.15, -0.1) is 0 Å². The molecule has 2 rings (SSSR count). The maximum absolute atomic E-state index is 12.1. The maximum atomic E-state index is 12.1. The summed E-state index contributed by atoms with van der Waals surface area (Å²) >= 11 is 3.21. The highest BCUT2D eigenvalue weighted by atomic mass is 79.9. The fourth-order valence-electron chi connectivity index (χ4n) is 1.37. The lowest BCUT2D eigenvalue weighted by molar-refractivity contribution is 0.269. The lowest BCUT2D eigenvalue weighted by Gasteiger charge is -2.07. The Morgan fingerprint density at radius 3 is 2.89 bits per heavy atom. The van der Waals surface area contributed by atoms with Crippen LogP contribution in [0.15, 0.2) is 40.2 Å². The minimum Gasteiger partial charge on any atom is -0.394 e. The lowest BCUT2D eigenvalue weighted by atomic mass is 10.4. The second-order valence-electron chi connectivity index (χ2n) is 3.62. The Labute approximate surface area is 118 Å². The number of aromatic nitrogens is 3. The zero-order chi connectivity index (χ0) is 13.9. The molecule has 0 aromatic carbocycles. The number of halogens is 1. The number of hydrogen-bond acceptors (Lipinski definition) is 5. The molecule has 0 fully saturated rings. The van der Waals surface area contributed by atoms with Crippen LogP contribution in [0.3, 0.4) is 0 Å². The van der Waals surface area contributed by atoms with E-state index in [0.29, 0.717) is 10.2 Å². The molecular weight excluding hydrogens is 336 g/mol. The highest BCUT2D eigenvalue weighted by Gasteiger charge is 2.17. The number of rotatable bonds is 5. The second kappa shape index (κ2) is 5.68. The summed E-state index contributed by atoms with van der Waals surface area (Å²) < 4.78 is 28.5. The van der Waals surface area contributed by atoms with E-state index in [4.69, 9.17) is 5.11 Å². The Bertz CT molecular complexity index is 671. The minimum atomic E-state index is -3.71. The van der Waals surface area contributed by atoms with Crippen LogP contribution in [0.5, 0.6) is 0 Å². The molecule has 2 aromatic heterocycles. The third kappa shape index (κ3) is 3.31. The minimum absolute atomic E-state index is 0.0321. The number of anilines is 1. The zero-order valence-corrected chi connectivity index (χ0v) is 12.1. The molecule has 7 nitrogen and oxygen atoms in total. The van der Waals surface area contributed by atoms with Gasteiger partial charge in [-0.25, -0.2) is 8.42 Å². The van der Waals surface area contributed by atoms with E-state index in [2.05, 4.69) is 30.7 Å². The Morgan fingerprint density at radius 1 is 1.42 bits per heavy atom. The lowest BCUT2D eigenvalue weighted by Crippen LogP contribution is -2.13. The molecule has 2 heterocycles. The highest BCUT2D eigenvalue weighted by molar-refractivity contribution is 9.10. The molecule has 9 heteroatoms. The molecule has 0 radical (unpaired) electrons. The molecule has 0 bridgehead atoms. The van der Waals surface area contributed by atoms with Gasteiger partial charge in [-0.1, -0.05) is 0 Å². The summed E-state index contributed by atoms with van der Waals surface area (Å²) in [6.07, 6.45) is 5.56. The Hall–Kier alpha value is -1.45. The Kier molecular flexibility index (Phi) is 4.17. The van der Waals surface area contributed by atoms with E-state index in [1.54, 1.807) is 6.07 Å². The van der Waals surface area contributed by atoms with E-state index >= 15 is 0 Å². The van der Waals surface area contributed by atoms with Gasteiger partial charge in [0.2, 0.25) is 0 Å². The van der Waals surface area contributed by atoms with Gasteiger partial charge in [0.15, 0.2) is 0 Å². The van der Waals surface area contributed by atoms with Crippen LogP contribution in [0.4, 0.5) is 5.69 Å². The van der Waals surface area contributed by atoms with Crippen LogP contribution in [0.2, 0.25) is 0 Å². The SMILES string of the molecule is O=S(=O)(Nc1ccncc1Br)c1cnn(CCO)c1. The van der Waals surface area contributed by atoms with Gasteiger partial charge in [0.25, 0.3) is 10.0 Å². The number of sulfonamides is 1. The topological polar surface area (TPSA) is 97.1 Å². The number of aliphatic hydroxyl groups excluding tert-OH is 1. The first-order valence-electron chi connectivity index (χ1n) is 5.28. The van der Waals surface area contributed by atoms with Crippen LogP contribution >= 0.6 is 15.9 Å². The molecule has 2 N–H and O–H groups in total. The van der Waals surface area contributed by atoms with Gasteiger partial charge >= 0.3 is 0 Å². The average Bonchev–Trinajstić information content (AvgIpc) is 2.82. The molecular formula is C10H11BrN4O3S. The first kappa shape index (κ1) is 14.0. The van der Waals surface area contributed by atoms with Gasteiger partial charge in [-0.3, -0.25) is 14.4 Å². The van der Waals surface area contributed by atoms with Crippen molar-refractivity contribution in [3.05, 3.63) is 35.3 Å². The summed E-state index contributed by atoms with van der Waals surface area (Å²) in [6, 6.07) is 1.54. The molecule has 0 unspecified atom stereocenters. The summed E-state index contributed by atoms with van der Waals surface area (Å²) in [5.74, 6) is 0. The summed E-state index contributed by atoms with van der Waals surface area (Å²) in [4.78, 5) is 3.88. The molecule has 0 aliphatic heterocycles. The van der Waals surface area contributed by atoms with Crippen LogP contribution in [0.25, 0.3) is 0 Å². The zero-order valence-electron chi connectivity index (χ0n) is 9.69. The van der Waals surface area contributed by atoms with Crippen molar-refractivity contribution >= 4 is 31.6 Å². The molecule has 0 spiro atoms. The van der Waals surface area contributed by atoms with Gasteiger partial charge in [0.1, 0.15) is 4.90 Å². The number of nitrogens with zero attached hydrogens (tertiary/aromatic N) is 3. The molecule has 2 aromatic rings. The largest absolute Gasteiger partial charge is 0.394 e. The van der Waals surface area contributed by atoms with Gasteiger partial charge in [-0.2, -0.15) is 5.10 Å². The number of aliphatic hydroxyl groups is 1. The monoisotopic (exact) mass is 346 g/mol. The first-order chi connectivity index (χ1) is 9.03. The van der Waals surface area contributed by atoms with Crippen molar-refractivity contribution in [2.24, 2.45) is 0 Å². The van der Waals surface area contributed by atoms with E-state index in [1.807, 2.05) is 0 Å². The molecule has 19 heavy (non-hydrogen) atoms. The summed E-state index contributed by atoms with van der Waals surface area (Å²) in [6.45, 7) is 0.138. The van der Waals surface area contributed by atoms with Gasteiger partial charge in [0.05, 0.1) is 29.5 Å². The Morgan fingerprint density at radius 2 is 2.21 bits per heavy atom. The third-order valence-corrected chi connectivity index (χ3v) is 4.22. The van der Waals surface area contributed by atoms with Crippen molar-refractivity contribution in [2.45, 2.75) is 11.4 Å². The average molecular weight is 347 g/mol. The van der Waals surface area contributed by atoms with E-state index < -0.39 is 10.0 Å². The standard InChI is InChI=1S/C10H11BrN4O3S/c11-9-6-12-2-1-10(9)14-19(17,18)8-5-13-15(7-8)3-4-16/h1-2,5-7,16H,3-4H2,(H,12,14). The predicted octanol–water partition coefficient (Wildman–Crippen LogP) is 0.834. The molecule has 0 aliphatic rings. The maximum Gasteiger partial charge on any atom is 0.265 e. The Balaban J connectivity index is 2.25. The van der Waals surface area contributed by atoms with Crippen molar-refractivity contribution in [3.63, 3.8) is 0 Å². The molecule has 0 saturated heterocycles. The van der Waals surface area contributed by atoms with Gasteiger partial charge in [0, 0.05) is 18.6 Å². The van der Waals surface area contributed by atoms with Gasteiger partial charge < -0.3 is 5.11 Å². The molecule has 0 aliphatic carbocycles. The van der Waals surface area contributed by atoms with Crippen LogP contribution < -0.4 is 4.72 Å². The third-order valence-electron chi connectivity index (χ3n) is 2.27. The van der Waals surface area contributed by atoms with Crippen LogP contribution in [-0.2, 0) is 16.6 Å². The molecule has 0 amide bonds. The van der Waals surface area contributed by atoms with Crippen molar-refractivity contribution in [2.75, 3.05) is 11.3 Å². The van der Waals surface area contributed by atoms with Crippen molar-refractivity contribution in [1.82, 2.24) is 14.8 Å². The predicted molar refractivity (Wildman–Crippen MR) is 72.1 cm³/mol. The molecule has 0 saturated carbocycles. The van der Waals surface area contributed by atoms with E-state index in [9.17, 15) is 8.42 Å². The molecule has 0 atom stereocenters. The normalized spacial score (nSPS) is 11.5. The van der Waals surface area contributed by atoms with Crippen molar-refractivity contribution < 1.29 is 13.5 Å². The van der Waals surface area contributed by atoms with E-state index in [-0.39, 0.29) is 18.0 Å². The summed E-state index contributed by atoms with van der Waals surface area (Å²) in [5, 5.41) is 12.6. The van der Waals surface area contributed by atoms with Crippen molar-refractivity contribution in [1.29, 1.82) is 0 Å². The smallest absolute Gasteiger partial charge is 0.265 e. The van der Waals surface area contributed by atoms with Crippen LogP contribution in [0, 0.1) is 0 Å². The van der Waals surface area contributed by atoms with Gasteiger partial charge in [-0.05, 0) is 22.0 Å². The second-order valence-corrected chi connectivity index (χ2v) is 6.16. The van der Waals surface area contributed by atoms with Crippen LogP contribution in [-0.4, -0.2) is 34.9 Å². The highest BCUT2D eigenvalue weighted by Crippen LogP contribution is 2.23. The quantitative estimate of drug-likeness (QED) is 0.835. The van der Waals surface area contributed by atoms with Crippen molar-refractivity contribution in [3.8, 4) is 0 Å². The summed E-state index contributed by atoms with van der Waals surface area (Å²) in [7, 11) is -3.71.